The zero-order valence-corrected chi connectivity index (χ0v) is 44.3. The van der Waals surface area contributed by atoms with Crippen molar-refractivity contribution in [1.82, 2.24) is 0 Å². The summed E-state index contributed by atoms with van der Waals surface area (Å²) in [4.78, 5) is 87.7. The SMILES string of the molecule is COC(=O)C(C)(C)N=Nc1ccc(CC(=O)O)cc1.COC(=O)C(C)(C)N=Nc1ccc(CC(=O)O)cc1.COC(=O)C(C)(C)N=Nc1ccc(CC(=O)O)cc1.COC(=O)C(C)(C)N=Nc1ccc(CC(=O)O)cc1. The molecule has 0 radical (unpaired) electrons. The van der Waals surface area contributed by atoms with Crippen molar-refractivity contribution in [3.05, 3.63) is 119 Å². The van der Waals surface area contributed by atoms with E-state index >= 15 is 0 Å². The highest BCUT2D eigenvalue weighted by atomic mass is 16.5. The van der Waals surface area contributed by atoms with E-state index in [0.717, 1.165) is 0 Å². The topological polar surface area (TPSA) is 353 Å². The number of methoxy groups -OCH3 is 4. The van der Waals surface area contributed by atoms with E-state index in [1.807, 2.05) is 0 Å². The molecule has 0 saturated heterocycles. The van der Waals surface area contributed by atoms with E-state index in [0.29, 0.717) is 45.0 Å². The smallest absolute Gasteiger partial charge is 0.335 e. The van der Waals surface area contributed by atoms with Crippen molar-refractivity contribution in [2.75, 3.05) is 28.4 Å². The molecule has 0 atom stereocenters. The van der Waals surface area contributed by atoms with Crippen LogP contribution in [0, 0.1) is 0 Å². The van der Waals surface area contributed by atoms with Gasteiger partial charge in [0.1, 0.15) is 0 Å². The molecule has 0 aliphatic rings. The van der Waals surface area contributed by atoms with Gasteiger partial charge in [0.05, 0.1) is 76.9 Å². The van der Waals surface area contributed by atoms with Crippen molar-refractivity contribution in [3.63, 3.8) is 0 Å². The Bertz CT molecular complexity index is 2340. The summed E-state index contributed by atoms with van der Waals surface area (Å²) in [5, 5.41) is 66.0. The molecule has 0 aromatic heterocycles. The average molecular weight is 1060 g/mol. The molecule has 408 valence electrons. The molecule has 0 spiro atoms. The summed E-state index contributed by atoms with van der Waals surface area (Å²) in [7, 11) is 5.17. The molecule has 76 heavy (non-hydrogen) atoms. The van der Waals surface area contributed by atoms with Crippen LogP contribution in [0.2, 0.25) is 0 Å². The molecule has 24 nitrogen and oxygen atoms in total. The molecule has 0 bridgehead atoms. The minimum atomic E-state index is -1.05. The summed E-state index contributed by atoms with van der Waals surface area (Å²) in [5.41, 5.74) is 0.718. The summed E-state index contributed by atoms with van der Waals surface area (Å²) in [6.07, 6.45) is -0.147. The zero-order valence-electron chi connectivity index (χ0n) is 44.3. The lowest BCUT2D eigenvalue weighted by Crippen LogP contribution is -2.30. The Kier molecular flexibility index (Phi) is 26.5. The number of aliphatic carboxylic acids is 4. The standard InChI is InChI=1S/4C13H16N2O4/c4*1-13(2,12(18)19-3)15-14-10-6-4-9(5-7-10)8-11(16)17/h4*4-7H,8H2,1-3H3,(H,16,17). The first kappa shape index (κ1) is 65.1. The molecule has 0 amide bonds. The van der Waals surface area contributed by atoms with Crippen LogP contribution >= 0.6 is 0 Å². The second kappa shape index (κ2) is 30.9. The maximum Gasteiger partial charge on any atom is 0.335 e. The predicted molar refractivity (Wildman–Crippen MR) is 274 cm³/mol. The summed E-state index contributed by atoms with van der Waals surface area (Å²) in [6.45, 7) is 12.8. The van der Waals surface area contributed by atoms with E-state index in [1.54, 1.807) is 152 Å². The van der Waals surface area contributed by atoms with Crippen LogP contribution in [0.5, 0.6) is 0 Å². The van der Waals surface area contributed by atoms with Gasteiger partial charge in [0.2, 0.25) is 0 Å². The van der Waals surface area contributed by atoms with Crippen LogP contribution < -0.4 is 0 Å². The number of carbonyl (C=O) groups excluding carboxylic acids is 4. The molecular formula is C52H64N8O16. The van der Waals surface area contributed by atoms with Gasteiger partial charge in [0.25, 0.3) is 0 Å². The van der Waals surface area contributed by atoms with Gasteiger partial charge in [-0.2, -0.15) is 40.9 Å². The molecule has 0 aliphatic heterocycles. The number of azo groups is 4. The number of rotatable bonds is 20. The fourth-order valence-electron chi connectivity index (χ4n) is 5.31. The molecule has 0 heterocycles. The Hall–Kier alpha value is -8.96. The van der Waals surface area contributed by atoms with Crippen molar-refractivity contribution < 1.29 is 77.7 Å². The third kappa shape index (κ3) is 25.1. The first-order valence-electron chi connectivity index (χ1n) is 22.7. The van der Waals surface area contributed by atoms with E-state index in [9.17, 15) is 38.4 Å². The van der Waals surface area contributed by atoms with Crippen molar-refractivity contribution >= 4 is 70.5 Å². The van der Waals surface area contributed by atoms with Gasteiger partial charge < -0.3 is 39.4 Å². The van der Waals surface area contributed by atoms with E-state index in [2.05, 4.69) is 59.9 Å². The number of carboxylic acids is 4. The highest BCUT2D eigenvalue weighted by molar-refractivity contribution is 5.81. The lowest BCUT2D eigenvalue weighted by atomic mass is 10.1. The van der Waals surface area contributed by atoms with E-state index in [-0.39, 0.29) is 25.7 Å². The molecule has 24 heteroatoms. The van der Waals surface area contributed by atoms with Gasteiger partial charge >= 0.3 is 47.8 Å². The molecule has 0 fully saturated rings. The number of hydrogen-bond acceptors (Lipinski definition) is 20. The van der Waals surface area contributed by atoms with Crippen LogP contribution in [0.3, 0.4) is 0 Å². The van der Waals surface area contributed by atoms with Crippen molar-refractivity contribution in [2.45, 2.75) is 103 Å². The molecule has 4 N–H and O–H groups in total. The second-order valence-electron chi connectivity index (χ2n) is 18.0. The Balaban J connectivity index is 0.000000507. The van der Waals surface area contributed by atoms with Crippen LogP contribution in [0.25, 0.3) is 0 Å². The van der Waals surface area contributed by atoms with Crippen LogP contribution in [0.4, 0.5) is 22.7 Å². The lowest BCUT2D eigenvalue weighted by molar-refractivity contribution is -0.146. The number of ether oxygens (including phenoxy) is 4. The largest absolute Gasteiger partial charge is 0.481 e. The van der Waals surface area contributed by atoms with Gasteiger partial charge in [-0.1, -0.05) is 48.5 Å². The first-order valence-corrected chi connectivity index (χ1v) is 22.7. The maximum atomic E-state index is 11.4. The normalized spacial score (nSPS) is 11.5. The fraction of sp³-hybridized carbons (Fsp3) is 0.385. The Morgan fingerprint density at radius 2 is 0.461 bits per heavy atom. The van der Waals surface area contributed by atoms with E-state index < -0.39 is 69.9 Å². The summed E-state index contributed by atoms with van der Waals surface area (Å²) in [5.74, 6) is -5.44. The van der Waals surface area contributed by atoms with Crippen molar-refractivity contribution in [3.8, 4) is 0 Å². The van der Waals surface area contributed by atoms with Crippen molar-refractivity contribution in [2.24, 2.45) is 40.9 Å². The summed E-state index contributed by atoms with van der Waals surface area (Å²) in [6, 6.07) is 26.5. The Morgan fingerprint density at radius 1 is 0.316 bits per heavy atom. The number of carboxylic acid groups (broad SMARTS) is 4. The molecule has 0 saturated carbocycles. The average Bonchev–Trinajstić information content (AvgIpc) is 3.36. The molecule has 4 rings (SSSR count). The third-order valence-electron chi connectivity index (χ3n) is 9.57. The molecule has 4 aromatic rings. The van der Waals surface area contributed by atoms with Crippen LogP contribution in [0.1, 0.15) is 77.6 Å². The fourth-order valence-corrected chi connectivity index (χ4v) is 5.31. The first-order chi connectivity index (χ1) is 35.4. The number of nitrogens with zero attached hydrogens (tertiary/aromatic N) is 8. The van der Waals surface area contributed by atoms with Crippen LogP contribution in [0.15, 0.2) is 138 Å². The highest BCUT2D eigenvalue weighted by Gasteiger charge is 2.31. The number of hydrogen-bond donors (Lipinski definition) is 4. The predicted octanol–water partition coefficient (Wildman–Crippen LogP) is 9.40. The Morgan fingerprint density at radius 3 is 0.579 bits per heavy atom. The molecule has 4 aromatic carbocycles. The van der Waals surface area contributed by atoms with E-state index in [1.165, 1.54) is 28.4 Å². The third-order valence-corrected chi connectivity index (χ3v) is 9.57. The Labute approximate surface area is 439 Å². The minimum absolute atomic E-state index is 0.0366. The molecule has 0 unspecified atom stereocenters. The molecular weight excluding hydrogens is 993 g/mol. The monoisotopic (exact) mass is 1060 g/mol. The molecule has 0 aliphatic carbocycles. The zero-order chi connectivity index (χ0) is 57.9. The summed E-state index contributed by atoms with van der Waals surface area (Å²) < 4.78 is 18.4. The van der Waals surface area contributed by atoms with Crippen LogP contribution in [-0.4, -0.2) is 119 Å². The van der Waals surface area contributed by atoms with Gasteiger partial charge in [-0.25, -0.2) is 19.2 Å². The van der Waals surface area contributed by atoms with Crippen molar-refractivity contribution in [1.29, 1.82) is 0 Å². The number of carbonyl (C=O) groups is 8. The van der Waals surface area contributed by atoms with Crippen LogP contribution in [-0.2, 0) is 83.0 Å². The van der Waals surface area contributed by atoms with E-state index in [4.69, 9.17) is 20.4 Å². The minimum Gasteiger partial charge on any atom is -0.481 e. The highest BCUT2D eigenvalue weighted by Crippen LogP contribution is 2.23. The van der Waals surface area contributed by atoms with Gasteiger partial charge in [-0.05, 0) is 126 Å². The maximum absolute atomic E-state index is 11.4. The van der Waals surface area contributed by atoms with Gasteiger partial charge in [-0.3, -0.25) is 19.2 Å². The van der Waals surface area contributed by atoms with Gasteiger partial charge in [0, 0.05) is 0 Å². The summed E-state index contributed by atoms with van der Waals surface area (Å²) >= 11 is 0. The lowest BCUT2D eigenvalue weighted by Gasteiger charge is -2.14. The second-order valence-corrected chi connectivity index (χ2v) is 18.0. The quantitative estimate of drug-likeness (QED) is 0.0363. The number of benzene rings is 4. The van der Waals surface area contributed by atoms with Gasteiger partial charge in [0.15, 0.2) is 22.2 Å². The van der Waals surface area contributed by atoms with Gasteiger partial charge in [-0.15, -0.1) is 0 Å². The number of esters is 4.